The molecule has 18 heavy (non-hydrogen) atoms. The van der Waals surface area contributed by atoms with Crippen LogP contribution in [-0.4, -0.2) is 32.1 Å². The molecule has 3 nitrogen and oxygen atoms in total. The van der Waals surface area contributed by atoms with E-state index in [1.807, 2.05) is 0 Å². The van der Waals surface area contributed by atoms with Crippen LogP contribution in [0.25, 0.3) is 0 Å². The highest BCUT2D eigenvalue weighted by molar-refractivity contribution is 5.42. The van der Waals surface area contributed by atoms with E-state index in [2.05, 4.69) is 37.1 Å². The quantitative estimate of drug-likeness (QED) is 0.887. The van der Waals surface area contributed by atoms with E-state index in [9.17, 15) is 0 Å². The lowest BCUT2D eigenvalue weighted by molar-refractivity contribution is 0.110. The van der Waals surface area contributed by atoms with E-state index in [0.29, 0.717) is 6.54 Å². The van der Waals surface area contributed by atoms with Gasteiger partial charge in [0.2, 0.25) is 0 Å². The Hall–Kier alpha value is -1.06. The predicted octanol–water partition coefficient (Wildman–Crippen LogP) is 2.14. The van der Waals surface area contributed by atoms with Crippen molar-refractivity contribution in [3.63, 3.8) is 0 Å². The molecular formula is C15H24N2O. The molecule has 0 saturated carbocycles. The molecule has 100 valence electrons. The van der Waals surface area contributed by atoms with Crippen LogP contribution in [0.2, 0.25) is 0 Å². The molecule has 1 aliphatic carbocycles. The Labute approximate surface area is 110 Å². The van der Waals surface area contributed by atoms with Crippen LogP contribution >= 0.6 is 0 Å². The first-order chi connectivity index (χ1) is 8.67. The van der Waals surface area contributed by atoms with Gasteiger partial charge in [0.15, 0.2) is 0 Å². The van der Waals surface area contributed by atoms with Gasteiger partial charge in [-0.2, -0.15) is 0 Å². The summed E-state index contributed by atoms with van der Waals surface area (Å²) in [7, 11) is 3.89. The number of rotatable bonds is 4. The molecule has 1 aromatic rings. The number of methoxy groups -OCH3 is 1. The number of ether oxygens (including phenoxy) is 1. The topological polar surface area (TPSA) is 38.5 Å². The van der Waals surface area contributed by atoms with E-state index in [1.54, 1.807) is 7.11 Å². The molecule has 0 spiro atoms. The van der Waals surface area contributed by atoms with Gasteiger partial charge < -0.3 is 10.5 Å². The largest absolute Gasteiger partial charge is 0.497 e. The molecule has 1 aliphatic rings. The maximum atomic E-state index is 6.14. The molecule has 2 rings (SSSR count). The molecule has 0 radical (unpaired) electrons. The molecule has 2 N–H and O–H groups in total. The normalized spacial score (nSPS) is 22.9. The standard InChI is InChI=1S/C15H24N2O/c1-4-17(2)15(11-16)9-5-6-12-7-8-13(18-3)10-14(12)15/h7-8,10H,4-6,9,11,16H2,1-3H3. The molecule has 0 aliphatic heterocycles. The maximum absolute atomic E-state index is 6.14. The van der Waals surface area contributed by atoms with Crippen molar-refractivity contribution in [2.75, 3.05) is 27.2 Å². The highest BCUT2D eigenvalue weighted by Crippen LogP contribution is 2.40. The zero-order valence-corrected chi connectivity index (χ0v) is 11.7. The molecule has 1 unspecified atom stereocenters. The Bertz CT molecular complexity index is 419. The third kappa shape index (κ3) is 2.02. The Morgan fingerprint density at radius 3 is 2.83 bits per heavy atom. The van der Waals surface area contributed by atoms with E-state index < -0.39 is 0 Å². The summed E-state index contributed by atoms with van der Waals surface area (Å²) in [5.74, 6) is 0.929. The maximum Gasteiger partial charge on any atom is 0.119 e. The molecule has 0 heterocycles. The first-order valence-electron chi connectivity index (χ1n) is 6.76. The van der Waals surface area contributed by atoms with Gasteiger partial charge in [-0.15, -0.1) is 0 Å². The number of nitrogens with zero attached hydrogens (tertiary/aromatic N) is 1. The lowest BCUT2D eigenvalue weighted by Crippen LogP contribution is -2.51. The summed E-state index contributed by atoms with van der Waals surface area (Å²) < 4.78 is 5.37. The molecule has 0 bridgehead atoms. The summed E-state index contributed by atoms with van der Waals surface area (Å²) in [6.07, 6.45) is 3.49. The molecule has 3 heteroatoms. The van der Waals surface area contributed by atoms with Crippen molar-refractivity contribution >= 4 is 0 Å². The number of benzene rings is 1. The van der Waals surface area contributed by atoms with Crippen LogP contribution in [0.3, 0.4) is 0 Å². The van der Waals surface area contributed by atoms with Crippen LogP contribution in [0.5, 0.6) is 5.75 Å². The second-order valence-electron chi connectivity index (χ2n) is 5.13. The third-order valence-corrected chi connectivity index (χ3v) is 4.40. The Balaban J connectivity index is 2.53. The van der Waals surface area contributed by atoms with Gasteiger partial charge in [-0.25, -0.2) is 0 Å². The van der Waals surface area contributed by atoms with Gasteiger partial charge in [0.25, 0.3) is 0 Å². The molecule has 1 atom stereocenters. The molecule has 0 amide bonds. The molecule has 1 aromatic carbocycles. The predicted molar refractivity (Wildman–Crippen MR) is 75.0 cm³/mol. The van der Waals surface area contributed by atoms with E-state index in [0.717, 1.165) is 25.1 Å². The van der Waals surface area contributed by atoms with Gasteiger partial charge in [-0.1, -0.05) is 13.0 Å². The van der Waals surface area contributed by atoms with Crippen LogP contribution < -0.4 is 10.5 Å². The SMILES string of the molecule is CCN(C)C1(CN)CCCc2ccc(OC)cc21. The fourth-order valence-electron chi connectivity index (χ4n) is 3.11. The third-order valence-electron chi connectivity index (χ3n) is 4.40. The summed E-state index contributed by atoms with van der Waals surface area (Å²) in [6, 6.07) is 6.42. The summed E-state index contributed by atoms with van der Waals surface area (Å²) in [6.45, 7) is 3.86. The van der Waals surface area contributed by atoms with Crippen molar-refractivity contribution in [2.45, 2.75) is 31.7 Å². The molecular weight excluding hydrogens is 224 g/mol. The van der Waals surface area contributed by atoms with Gasteiger partial charge in [0, 0.05) is 6.54 Å². The van der Waals surface area contributed by atoms with Crippen molar-refractivity contribution in [1.82, 2.24) is 4.90 Å². The lowest BCUT2D eigenvalue weighted by atomic mass is 9.75. The Morgan fingerprint density at radius 1 is 1.44 bits per heavy atom. The van der Waals surface area contributed by atoms with Gasteiger partial charge in [0.05, 0.1) is 12.6 Å². The van der Waals surface area contributed by atoms with E-state index in [-0.39, 0.29) is 5.54 Å². The summed E-state index contributed by atoms with van der Waals surface area (Å²) in [4.78, 5) is 2.38. The fraction of sp³-hybridized carbons (Fsp3) is 0.600. The second kappa shape index (κ2) is 5.29. The van der Waals surface area contributed by atoms with Gasteiger partial charge in [-0.05, 0) is 56.1 Å². The van der Waals surface area contributed by atoms with Crippen molar-refractivity contribution in [2.24, 2.45) is 5.73 Å². The first-order valence-corrected chi connectivity index (χ1v) is 6.76. The van der Waals surface area contributed by atoms with Crippen LogP contribution in [-0.2, 0) is 12.0 Å². The minimum Gasteiger partial charge on any atom is -0.497 e. The van der Waals surface area contributed by atoms with Crippen LogP contribution in [0, 0.1) is 0 Å². The summed E-state index contributed by atoms with van der Waals surface area (Å²) in [5, 5.41) is 0. The fourth-order valence-corrected chi connectivity index (χ4v) is 3.11. The van der Waals surface area contributed by atoms with Crippen molar-refractivity contribution in [3.8, 4) is 5.75 Å². The Kier molecular flexibility index (Phi) is 3.93. The van der Waals surface area contributed by atoms with Crippen molar-refractivity contribution in [3.05, 3.63) is 29.3 Å². The minimum absolute atomic E-state index is 0.0170. The van der Waals surface area contributed by atoms with Crippen LogP contribution in [0.15, 0.2) is 18.2 Å². The van der Waals surface area contributed by atoms with Gasteiger partial charge in [0.1, 0.15) is 5.75 Å². The Morgan fingerprint density at radius 2 is 2.22 bits per heavy atom. The molecule has 0 fully saturated rings. The van der Waals surface area contributed by atoms with Gasteiger partial charge >= 0.3 is 0 Å². The number of nitrogens with two attached hydrogens (primary N) is 1. The monoisotopic (exact) mass is 248 g/mol. The van der Waals surface area contributed by atoms with Crippen molar-refractivity contribution < 1.29 is 4.74 Å². The number of aryl methyl sites for hydroxylation is 1. The van der Waals surface area contributed by atoms with E-state index in [4.69, 9.17) is 10.5 Å². The van der Waals surface area contributed by atoms with E-state index >= 15 is 0 Å². The second-order valence-corrected chi connectivity index (χ2v) is 5.13. The van der Waals surface area contributed by atoms with Crippen molar-refractivity contribution in [1.29, 1.82) is 0 Å². The molecule has 0 saturated heterocycles. The van der Waals surface area contributed by atoms with E-state index in [1.165, 1.54) is 17.5 Å². The van der Waals surface area contributed by atoms with Crippen LogP contribution in [0.4, 0.5) is 0 Å². The summed E-state index contributed by atoms with van der Waals surface area (Å²) >= 11 is 0. The average molecular weight is 248 g/mol. The zero-order chi connectivity index (χ0) is 13.2. The molecule has 0 aromatic heterocycles. The van der Waals surface area contributed by atoms with Gasteiger partial charge in [-0.3, -0.25) is 4.90 Å². The lowest BCUT2D eigenvalue weighted by Gasteiger charge is -2.45. The smallest absolute Gasteiger partial charge is 0.119 e. The minimum atomic E-state index is -0.0170. The number of fused-ring (bicyclic) bond motifs is 1. The highest BCUT2D eigenvalue weighted by atomic mass is 16.5. The number of likely N-dealkylation sites (N-methyl/N-ethyl adjacent to an activating group) is 1. The average Bonchev–Trinajstić information content (AvgIpc) is 2.45. The first kappa shape index (κ1) is 13.4. The highest BCUT2D eigenvalue weighted by Gasteiger charge is 2.38. The van der Waals surface area contributed by atoms with Crippen LogP contribution in [0.1, 0.15) is 30.9 Å². The number of hydrogen-bond acceptors (Lipinski definition) is 3. The zero-order valence-electron chi connectivity index (χ0n) is 11.7. The summed E-state index contributed by atoms with van der Waals surface area (Å²) in [5.41, 5.74) is 8.91. The number of hydrogen-bond donors (Lipinski definition) is 1.